The summed E-state index contributed by atoms with van der Waals surface area (Å²) in [6, 6.07) is 4.98. The van der Waals surface area contributed by atoms with Crippen LogP contribution >= 0.6 is 0 Å². The number of rotatable bonds is 3. The molecule has 0 amide bonds. The summed E-state index contributed by atoms with van der Waals surface area (Å²) in [6.07, 6.45) is 4.47. The number of carbonyl (C=O) groups is 1. The maximum absolute atomic E-state index is 11.8. The molecule has 0 spiro atoms. The zero-order valence-corrected chi connectivity index (χ0v) is 8.01. The maximum Gasteiger partial charge on any atom is 0.196 e. The molecule has 4 nitrogen and oxygen atoms in total. The Kier molecular flexibility index (Phi) is 2.60. The van der Waals surface area contributed by atoms with Gasteiger partial charge in [-0.15, -0.1) is 0 Å². The van der Waals surface area contributed by atoms with Gasteiger partial charge in [-0.25, -0.2) is 0 Å². The fourth-order valence-electron chi connectivity index (χ4n) is 1.29. The average molecular weight is 202 g/mol. The molecule has 0 aliphatic heterocycles. The second kappa shape index (κ2) is 4.06. The van der Waals surface area contributed by atoms with E-state index in [0.717, 1.165) is 0 Å². The lowest BCUT2D eigenvalue weighted by Gasteiger charge is -1.99. The summed E-state index contributed by atoms with van der Waals surface area (Å²) in [5.74, 6) is -0.0825. The summed E-state index contributed by atoms with van der Waals surface area (Å²) in [6.45, 7) is 0.326. The van der Waals surface area contributed by atoms with Gasteiger partial charge in [0.25, 0.3) is 0 Å². The van der Waals surface area contributed by atoms with Crippen LogP contribution in [0.5, 0.6) is 0 Å². The van der Waals surface area contributed by atoms with Crippen LogP contribution in [0, 0.1) is 0 Å². The summed E-state index contributed by atoms with van der Waals surface area (Å²) in [7, 11) is 0. The van der Waals surface area contributed by atoms with Gasteiger partial charge in [0.05, 0.1) is 17.5 Å². The molecule has 15 heavy (non-hydrogen) atoms. The van der Waals surface area contributed by atoms with Crippen molar-refractivity contribution in [3.05, 3.63) is 53.7 Å². The number of nitrogens with two attached hydrogens (primary N) is 1. The molecule has 0 aromatic carbocycles. The van der Waals surface area contributed by atoms with Crippen LogP contribution in [0.1, 0.15) is 21.6 Å². The third kappa shape index (κ3) is 1.94. The molecule has 0 bridgehead atoms. The number of nitrogens with zero attached hydrogens (tertiary/aromatic N) is 1. The summed E-state index contributed by atoms with van der Waals surface area (Å²) < 4.78 is 4.85. The van der Waals surface area contributed by atoms with Crippen molar-refractivity contribution < 1.29 is 9.21 Å². The number of carbonyl (C=O) groups excluding carboxylic acids is 1. The Morgan fingerprint density at radius 3 is 2.93 bits per heavy atom. The zero-order valence-electron chi connectivity index (χ0n) is 8.01. The highest BCUT2D eigenvalue weighted by atomic mass is 16.3. The van der Waals surface area contributed by atoms with E-state index in [1.807, 2.05) is 0 Å². The number of pyridine rings is 1. The molecule has 0 saturated heterocycles. The van der Waals surface area contributed by atoms with Gasteiger partial charge in [0, 0.05) is 18.3 Å². The van der Waals surface area contributed by atoms with E-state index in [4.69, 9.17) is 10.2 Å². The van der Waals surface area contributed by atoms with Crippen molar-refractivity contribution in [3.8, 4) is 0 Å². The van der Waals surface area contributed by atoms with Gasteiger partial charge in [-0.05, 0) is 18.2 Å². The van der Waals surface area contributed by atoms with E-state index in [0.29, 0.717) is 23.4 Å². The largest absolute Gasteiger partial charge is 0.472 e. The van der Waals surface area contributed by atoms with E-state index >= 15 is 0 Å². The number of hydrogen-bond donors (Lipinski definition) is 1. The van der Waals surface area contributed by atoms with Gasteiger partial charge in [-0.1, -0.05) is 0 Å². The van der Waals surface area contributed by atoms with Crippen LogP contribution in [0.2, 0.25) is 0 Å². The lowest BCUT2D eigenvalue weighted by atomic mass is 10.1. The highest BCUT2D eigenvalue weighted by molar-refractivity contribution is 6.08. The Hall–Kier alpha value is -1.94. The van der Waals surface area contributed by atoms with Crippen LogP contribution in [-0.2, 0) is 6.54 Å². The highest BCUT2D eigenvalue weighted by Crippen LogP contribution is 2.10. The van der Waals surface area contributed by atoms with Crippen molar-refractivity contribution in [3.63, 3.8) is 0 Å². The molecule has 2 heterocycles. The van der Waals surface area contributed by atoms with E-state index in [1.165, 1.54) is 12.5 Å². The monoisotopic (exact) mass is 202 g/mol. The molecule has 0 saturated carbocycles. The molecule has 2 N–H and O–H groups in total. The van der Waals surface area contributed by atoms with Crippen molar-refractivity contribution in [1.29, 1.82) is 0 Å². The van der Waals surface area contributed by atoms with Gasteiger partial charge in [0.15, 0.2) is 5.78 Å². The van der Waals surface area contributed by atoms with Gasteiger partial charge in [-0.2, -0.15) is 0 Å². The first-order valence-electron chi connectivity index (χ1n) is 4.53. The first kappa shape index (κ1) is 9.61. The standard InChI is InChI=1S/C11H10N2O2/c12-6-10-5-8(1-3-13-10)11(14)9-2-4-15-7-9/h1-5,7H,6,12H2. The van der Waals surface area contributed by atoms with Crippen LogP contribution in [-0.4, -0.2) is 10.8 Å². The van der Waals surface area contributed by atoms with Crippen molar-refractivity contribution in [2.45, 2.75) is 6.54 Å². The van der Waals surface area contributed by atoms with Crippen molar-refractivity contribution in [2.75, 3.05) is 0 Å². The Labute approximate surface area is 86.7 Å². The minimum Gasteiger partial charge on any atom is -0.472 e. The van der Waals surface area contributed by atoms with Gasteiger partial charge in [0.1, 0.15) is 6.26 Å². The SMILES string of the molecule is NCc1cc(C(=O)c2ccoc2)ccn1. The zero-order chi connectivity index (χ0) is 10.7. The van der Waals surface area contributed by atoms with Crippen LogP contribution in [0.3, 0.4) is 0 Å². The summed E-state index contributed by atoms with van der Waals surface area (Å²) in [5.41, 5.74) is 7.25. The normalized spacial score (nSPS) is 10.2. The van der Waals surface area contributed by atoms with Gasteiger partial charge in [-0.3, -0.25) is 9.78 Å². The molecule has 2 aromatic rings. The Balaban J connectivity index is 2.34. The molecule has 2 aromatic heterocycles. The fourth-order valence-corrected chi connectivity index (χ4v) is 1.29. The third-order valence-corrected chi connectivity index (χ3v) is 2.07. The highest BCUT2D eigenvalue weighted by Gasteiger charge is 2.10. The van der Waals surface area contributed by atoms with Crippen LogP contribution < -0.4 is 5.73 Å². The maximum atomic E-state index is 11.8. The van der Waals surface area contributed by atoms with Gasteiger partial charge in [0.2, 0.25) is 0 Å². The quantitative estimate of drug-likeness (QED) is 0.763. The number of ketones is 1. The molecule has 2 rings (SSSR count). The summed E-state index contributed by atoms with van der Waals surface area (Å²) in [5, 5.41) is 0. The topological polar surface area (TPSA) is 69.1 Å². The molecular weight excluding hydrogens is 192 g/mol. The van der Waals surface area contributed by atoms with Crippen LogP contribution in [0.25, 0.3) is 0 Å². The Bertz CT molecular complexity index is 463. The molecule has 0 aliphatic carbocycles. The summed E-state index contributed by atoms with van der Waals surface area (Å²) >= 11 is 0. The molecule has 0 radical (unpaired) electrons. The predicted octanol–water partition coefficient (Wildman–Crippen LogP) is 1.36. The predicted molar refractivity (Wildman–Crippen MR) is 54.3 cm³/mol. The minimum absolute atomic E-state index is 0.0825. The minimum atomic E-state index is -0.0825. The average Bonchev–Trinajstić information content (AvgIpc) is 2.81. The van der Waals surface area contributed by atoms with Crippen molar-refractivity contribution in [1.82, 2.24) is 4.98 Å². The molecule has 0 aliphatic rings. The Morgan fingerprint density at radius 2 is 2.27 bits per heavy atom. The van der Waals surface area contributed by atoms with E-state index in [2.05, 4.69) is 4.98 Å². The smallest absolute Gasteiger partial charge is 0.196 e. The van der Waals surface area contributed by atoms with E-state index in [-0.39, 0.29) is 5.78 Å². The first-order valence-corrected chi connectivity index (χ1v) is 4.53. The number of aromatic nitrogens is 1. The Morgan fingerprint density at radius 1 is 1.40 bits per heavy atom. The van der Waals surface area contributed by atoms with Crippen LogP contribution in [0.4, 0.5) is 0 Å². The first-order chi connectivity index (χ1) is 7.31. The number of furan rings is 1. The van der Waals surface area contributed by atoms with E-state index < -0.39 is 0 Å². The second-order valence-corrected chi connectivity index (χ2v) is 3.08. The van der Waals surface area contributed by atoms with Crippen LogP contribution in [0.15, 0.2) is 41.3 Å². The molecule has 4 heteroatoms. The van der Waals surface area contributed by atoms with E-state index in [9.17, 15) is 4.79 Å². The molecule has 0 fully saturated rings. The third-order valence-electron chi connectivity index (χ3n) is 2.07. The van der Waals surface area contributed by atoms with Gasteiger partial charge < -0.3 is 10.2 Å². The molecule has 0 unspecified atom stereocenters. The van der Waals surface area contributed by atoms with Crippen molar-refractivity contribution in [2.24, 2.45) is 5.73 Å². The van der Waals surface area contributed by atoms with E-state index in [1.54, 1.807) is 24.4 Å². The molecule has 76 valence electrons. The van der Waals surface area contributed by atoms with Crippen molar-refractivity contribution >= 4 is 5.78 Å². The molecule has 0 atom stereocenters. The second-order valence-electron chi connectivity index (χ2n) is 3.08. The van der Waals surface area contributed by atoms with Gasteiger partial charge >= 0.3 is 0 Å². The summed E-state index contributed by atoms with van der Waals surface area (Å²) in [4.78, 5) is 15.9. The fraction of sp³-hybridized carbons (Fsp3) is 0.0909. The molecular formula is C11H10N2O2. The lowest BCUT2D eigenvalue weighted by Crippen LogP contribution is -2.04. The lowest BCUT2D eigenvalue weighted by molar-refractivity contribution is 0.103. The number of hydrogen-bond acceptors (Lipinski definition) is 4.